The Morgan fingerprint density at radius 2 is 2.16 bits per heavy atom. The van der Waals surface area contributed by atoms with E-state index in [-0.39, 0.29) is 29.4 Å². The number of rotatable bonds is 6. The van der Waals surface area contributed by atoms with Gasteiger partial charge >= 0.3 is 0 Å². The minimum absolute atomic E-state index is 0. The maximum absolute atomic E-state index is 6.15. The van der Waals surface area contributed by atoms with Crippen molar-refractivity contribution in [1.29, 1.82) is 0 Å². The Morgan fingerprint density at radius 1 is 1.36 bits per heavy atom. The van der Waals surface area contributed by atoms with Crippen molar-refractivity contribution in [2.75, 3.05) is 13.1 Å². The average Bonchev–Trinajstić information content (AvgIpc) is 3.25. The second-order valence-corrected chi connectivity index (χ2v) is 7.96. The highest BCUT2D eigenvalue weighted by atomic mass is 127. The first-order valence-electron chi connectivity index (χ1n) is 8.31. The molecule has 0 bridgehead atoms. The summed E-state index contributed by atoms with van der Waals surface area (Å²) in [5, 5.41) is 8.65. The van der Waals surface area contributed by atoms with Crippen LogP contribution in [0.2, 0.25) is 5.02 Å². The number of hydrogen-bond donors (Lipinski definition) is 2. The summed E-state index contributed by atoms with van der Waals surface area (Å²) in [4.78, 5) is 10.2. The van der Waals surface area contributed by atoms with Gasteiger partial charge in [0.15, 0.2) is 5.96 Å². The van der Waals surface area contributed by atoms with E-state index in [9.17, 15) is 0 Å². The molecule has 2 N–H and O–H groups in total. The molecule has 1 aliphatic carbocycles. The maximum Gasteiger partial charge on any atom is 0.191 e. The van der Waals surface area contributed by atoms with Crippen LogP contribution >= 0.6 is 46.9 Å². The van der Waals surface area contributed by atoms with Crippen molar-refractivity contribution in [2.45, 2.75) is 38.6 Å². The molecule has 1 heterocycles. The van der Waals surface area contributed by atoms with Gasteiger partial charge in [0, 0.05) is 34.6 Å². The summed E-state index contributed by atoms with van der Waals surface area (Å²) in [5.41, 5.74) is 1.51. The minimum atomic E-state index is 0. The lowest BCUT2D eigenvalue weighted by Gasteiger charge is -2.19. The standard InChI is InChI=1S/C18H23ClN4S.HI/c1-3-20-17(22-11-16-21-10-13(2)24-16)23-12-18(7-8-18)14-5-4-6-15(19)9-14;/h4-6,9-10H,3,7-8,11-12H2,1-2H3,(H2,20,22,23);1H. The molecule has 1 fully saturated rings. The van der Waals surface area contributed by atoms with E-state index in [1.54, 1.807) is 11.3 Å². The molecule has 0 saturated heterocycles. The van der Waals surface area contributed by atoms with E-state index in [1.165, 1.54) is 23.3 Å². The van der Waals surface area contributed by atoms with Gasteiger partial charge in [0.1, 0.15) is 5.01 Å². The largest absolute Gasteiger partial charge is 0.357 e. The van der Waals surface area contributed by atoms with Crippen LogP contribution in [0.15, 0.2) is 35.5 Å². The van der Waals surface area contributed by atoms with Gasteiger partial charge in [-0.25, -0.2) is 9.98 Å². The molecule has 0 atom stereocenters. The number of hydrogen-bond acceptors (Lipinski definition) is 3. The number of guanidine groups is 1. The van der Waals surface area contributed by atoms with Gasteiger partial charge in [-0.15, -0.1) is 35.3 Å². The van der Waals surface area contributed by atoms with Crippen LogP contribution in [-0.4, -0.2) is 24.0 Å². The molecule has 0 unspecified atom stereocenters. The quantitative estimate of drug-likeness (QED) is 0.356. The molecule has 0 amide bonds. The maximum atomic E-state index is 6.15. The monoisotopic (exact) mass is 490 g/mol. The van der Waals surface area contributed by atoms with Crippen molar-refractivity contribution in [1.82, 2.24) is 15.6 Å². The molecule has 4 nitrogen and oxygen atoms in total. The van der Waals surface area contributed by atoms with Crippen LogP contribution < -0.4 is 10.6 Å². The molecule has 1 aromatic carbocycles. The Balaban J connectivity index is 0.00000225. The SMILES string of the molecule is CCNC(=NCc1ncc(C)s1)NCC1(c2cccc(Cl)c2)CC1.I. The average molecular weight is 491 g/mol. The molecular formula is C18H24ClIN4S. The number of benzene rings is 1. The first-order valence-corrected chi connectivity index (χ1v) is 9.50. The van der Waals surface area contributed by atoms with Crippen LogP contribution in [0, 0.1) is 6.92 Å². The van der Waals surface area contributed by atoms with Gasteiger partial charge in [0.25, 0.3) is 0 Å². The lowest BCUT2D eigenvalue weighted by molar-refractivity contribution is 0.646. The molecule has 0 aliphatic heterocycles. The van der Waals surface area contributed by atoms with E-state index in [1.807, 2.05) is 18.3 Å². The van der Waals surface area contributed by atoms with Gasteiger partial charge in [-0.2, -0.15) is 0 Å². The van der Waals surface area contributed by atoms with E-state index in [2.05, 4.69) is 46.6 Å². The van der Waals surface area contributed by atoms with Crippen LogP contribution in [0.3, 0.4) is 0 Å². The summed E-state index contributed by atoms with van der Waals surface area (Å²) in [6.45, 7) is 6.46. The molecule has 1 aliphatic rings. The van der Waals surface area contributed by atoms with Crippen molar-refractivity contribution in [2.24, 2.45) is 4.99 Å². The van der Waals surface area contributed by atoms with Gasteiger partial charge < -0.3 is 10.6 Å². The van der Waals surface area contributed by atoms with E-state index < -0.39 is 0 Å². The number of halogens is 2. The third kappa shape index (κ3) is 5.56. The zero-order valence-electron chi connectivity index (χ0n) is 14.5. The second-order valence-electron chi connectivity index (χ2n) is 6.20. The predicted octanol–water partition coefficient (Wildman–Crippen LogP) is 4.51. The number of aromatic nitrogens is 1. The van der Waals surface area contributed by atoms with Crippen molar-refractivity contribution >= 4 is 52.9 Å². The fourth-order valence-electron chi connectivity index (χ4n) is 2.75. The third-order valence-corrected chi connectivity index (χ3v) is 5.40. The Kier molecular flexibility index (Phi) is 7.51. The Labute approximate surface area is 175 Å². The zero-order valence-corrected chi connectivity index (χ0v) is 18.4. The Bertz CT molecular complexity index is 727. The highest BCUT2D eigenvalue weighted by Gasteiger charge is 2.44. The summed E-state index contributed by atoms with van der Waals surface area (Å²) in [6.07, 6.45) is 4.27. The van der Waals surface area contributed by atoms with Crippen LogP contribution in [0.4, 0.5) is 0 Å². The molecule has 25 heavy (non-hydrogen) atoms. The summed E-state index contributed by atoms with van der Waals surface area (Å²) in [5.74, 6) is 0.846. The van der Waals surface area contributed by atoms with Crippen LogP contribution in [-0.2, 0) is 12.0 Å². The van der Waals surface area contributed by atoms with Gasteiger partial charge in [-0.3, -0.25) is 0 Å². The van der Waals surface area contributed by atoms with Gasteiger partial charge in [0.2, 0.25) is 0 Å². The van der Waals surface area contributed by atoms with Crippen molar-refractivity contribution in [3.63, 3.8) is 0 Å². The molecular weight excluding hydrogens is 467 g/mol. The molecule has 7 heteroatoms. The van der Waals surface area contributed by atoms with Crippen LogP contribution in [0.1, 0.15) is 35.2 Å². The number of aliphatic imine (C=N–C) groups is 1. The molecule has 2 aromatic rings. The van der Waals surface area contributed by atoms with Crippen LogP contribution in [0.25, 0.3) is 0 Å². The van der Waals surface area contributed by atoms with Gasteiger partial charge in [0.05, 0.1) is 6.54 Å². The molecule has 1 saturated carbocycles. The van der Waals surface area contributed by atoms with Crippen molar-refractivity contribution in [3.8, 4) is 0 Å². The normalized spacial score (nSPS) is 15.4. The van der Waals surface area contributed by atoms with E-state index >= 15 is 0 Å². The smallest absolute Gasteiger partial charge is 0.191 e. The fourth-order valence-corrected chi connectivity index (χ4v) is 3.65. The second kappa shape index (κ2) is 9.19. The Morgan fingerprint density at radius 3 is 2.76 bits per heavy atom. The Hall–Kier alpha value is -0.860. The number of aryl methyl sites for hydroxylation is 1. The van der Waals surface area contributed by atoms with E-state index in [0.717, 1.165) is 29.1 Å². The number of thiazole rings is 1. The number of nitrogens with one attached hydrogen (secondary N) is 2. The van der Waals surface area contributed by atoms with Crippen molar-refractivity contribution in [3.05, 3.63) is 50.9 Å². The van der Waals surface area contributed by atoms with Crippen molar-refractivity contribution < 1.29 is 0 Å². The topological polar surface area (TPSA) is 49.3 Å². The lowest BCUT2D eigenvalue weighted by atomic mass is 9.96. The minimum Gasteiger partial charge on any atom is -0.357 e. The number of nitrogens with zero attached hydrogens (tertiary/aromatic N) is 2. The highest BCUT2D eigenvalue weighted by Crippen LogP contribution is 2.48. The first kappa shape index (κ1) is 20.5. The molecule has 1 aromatic heterocycles. The van der Waals surface area contributed by atoms with E-state index in [4.69, 9.17) is 11.6 Å². The lowest BCUT2D eigenvalue weighted by Crippen LogP contribution is -2.41. The predicted molar refractivity (Wildman–Crippen MR) is 117 cm³/mol. The fraction of sp³-hybridized carbons (Fsp3) is 0.444. The summed E-state index contributed by atoms with van der Waals surface area (Å²) >= 11 is 7.84. The van der Waals surface area contributed by atoms with E-state index in [0.29, 0.717) is 6.54 Å². The van der Waals surface area contributed by atoms with Gasteiger partial charge in [-0.05, 0) is 44.4 Å². The molecule has 0 radical (unpaired) electrons. The summed E-state index contributed by atoms with van der Waals surface area (Å²) in [7, 11) is 0. The molecule has 136 valence electrons. The zero-order chi connectivity index (χ0) is 17.0. The molecule has 0 spiro atoms. The third-order valence-electron chi connectivity index (χ3n) is 4.27. The summed E-state index contributed by atoms with van der Waals surface area (Å²) < 4.78 is 0. The summed E-state index contributed by atoms with van der Waals surface area (Å²) in [6, 6.07) is 8.21. The first-order chi connectivity index (χ1) is 11.6. The highest BCUT2D eigenvalue weighted by molar-refractivity contribution is 14.0. The van der Waals surface area contributed by atoms with Crippen LogP contribution in [0.5, 0.6) is 0 Å². The molecule has 3 rings (SSSR count). The van der Waals surface area contributed by atoms with Gasteiger partial charge in [-0.1, -0.05) is 23.7 Å².